The molecule has 0 amide bonds. The third kappa shape index (κ3) is 3.22. The normalized spacial score (nSPS) is 16.9. The first-order valence-corrected chi connectivity index (χ1v) is 14.0. The molecule has 0 N–H and O–H groups in total. The second-order valence-electron chi connectivity index (χ2n) is 9.73. The summed E-state index contributed by atoms with van der Waals surface area (Å²) >= 11 is 7.54. The van der Waals surface area contributed by atoms with Crippen molar-refractivity contribution >= 4 is 54.6 Å². The van der Waals surface area contributed by atoms with E-state index in [-0.39, 0.29) is 6.04 Å². The van der Waals surface area contributed by atoms with E-state index < -0.39 is 5.41 Å². The third-order valence-corrected chi connectivity index (χ3v) is 8.88. The van der Waals surface area contributed by atoms with Gasteiger partial charge in [-0.3, -0.25) is 0 Å². The molecule has 1 atom stereocenters. The Morgan fingerprint density at radius 3 is 1.84 bits per heavy atom. The Balaban J connectivity index is 1.68. The average molecular weight is 608 g/mol. The number of para-hydroxylation sites is 2. The van der Waals surface area contributed by atoms with Gasteiger partial charge >= 0.3 is 0 Å². The Bertz CT molecular complexity index is 1600. The van der Waals surface area contributed by atoms with Crippen molar-refractivity contribution in [1.29, 1.82) is 0 Å². The van der Waals surface area contributed by atoms with Gasteiger partial charge in [-0.25, -0.2) is 0 Å². The summed E-state index contributed by atoms with van der Waals surface area (Å²) in [5, 5.41) is 0. The van der Waals surface area contributed by atoms with Crippen molar-refractivity contribution in [3.63, 3.8) is 0 Å². The van der Waals surface area contributed by atoms with Crippen LogP contribution in [-0.2, 0) is 5.41 Å². The van der Waals surface area contributed by atoms with Gasteiger partial charge < -0.3 is 9.80 Å². The van der Waals surface area contributed by atoms with Crippen LogP contribution in [0.5, 0.6) is 0 Å². The number of anilines is 4. The predicted octanol–water partition coefficient (Wildman–Crippen LogP) is 9.52. The van der Waals surface area contributed by atoms with Crippen LogP contribution < -0.4 is 9.80 Å². The number of rotatable bonds is 2. The fourth-order valence-corrected chi connectivity index (χ4v) is 7.26. The van der Waals surface area contributed by atoms with Crippen molar-refractivity contribution in [2.45, 2.75) is 11.5 Å². The zero-order valence-electron chi connectivity index (χ0n) is 20.3. The second-order valence-corrected chi connectivity index (χ2v) is 11.6. The molecule has 2 aliphatic rings. The highest BCUT2D eigenvalue weighted by molar-refractivity contribution is 9.10. The Morgan fingerprint density at radius 2 is 1.16 bits per heavy atom. The van der Waals surface area contributed by atoms with Gasteiger partial charge in [0.2, 0.25) is 0 Å². The Labute approximate surface area is 234 Å². The molecule has 1 spiro atoms. The second kappa shape index (κ2) is 8.61. The lowest BCUT2D eigenvalue weighted by molar-refractivity contribution is 0.516. The van der Waals surface area contributed by atoms with Crippen molar-refractivity contribution in [3.05, 3.63) is 153 Å². The van der Waals surface area contributed by atoms with E-state index in [1.165, 1.54) is 39.3 Å². The van der Waals surface area contributed by atoms with Crippen molar-refractivity contribution < 1.29 is 0 Å². The highest BCUT2D eigenvalue weighted by Gasteiger charge is 2.57. The summed E-state index contributed by atoms with van der Waals surface area (Å²) in [4.78, 5) is 4.89. The fraction of sp³-hybridized carbons (Fsp3) is 0.0909. The van der Waals surface area contributed by atoms with E-state index in [1.807, 2.05) is 0 Å². The van der Waals surface area contributed by atoms with Crippen molar-refractivity contribution in [2.24, 2.45) is 0 Å². The molecule has 0 fully saturated rings. The smallest absolute Gasteiger partial charge is 0.0772 e. The Hall–Kier alpha value is -3.34. The molecule has 0 aromatic heterocycles. The van der Waals surface area contributed by atoms with Gasteiger partial charge in [0.15, 0.2) is 0 Å². The van der Waals surface area contributed by atoms with E-state index in [0.717, 1.165) is 14.6 Å². The lowest BCUT2D eigenvalue weighted by atomic mass is 9.62. The molecule has 0 saturated carbocycles. The van der Waals surface area contributed by atoms with Crippen molar-refractivity contribution in [1.82, 2.24) is 0 Å². The SMILES string of the molecule is CN1c2ccccc2C2(c3ccccc31)c1ccc(Br)cc1N(c1cccc(Br)c1)C2c1ccccc1. The van der Waals surface area contributed by atoms with Gasteiger partial charge in [0.1, 0.15) is 0 Å². The van der Waals surface area contributed by atoms with Crippen LogP contribution >= 0.6 is 31.9 Å². The van der Waals surface area contributed by atoms with Gasteiger partial charge in [0, 0.05) is 38.7 Å². The molecular weight excluding hydrogens is 584 g/mol. The molecule has 37 heavy (non-hydrogen) atoms. The van der Waals surface area contributed by atoms with Crippen LogP contribution in [-0.4, -0.2) is 7.05 Å². The molecule has 1 unspecified atom stereocenters. The molecule has 2 heterocycles. The van der Waals surface area contributed by atoms with Gasteiger partial charge in [-0.05, 0) is 64.7 Å². The molecule has 2 aliphatic heterocycles. The molecule has 0 radical (unpaired) electrons. The molecule has 0 aliphatic carbocycles. The lowest BCUT2D eigenvalue weighted by Crippen LogP contribution is -2.42. The molecular formula is C33H24Br2N2. The molecule has 5 aromatic carbocycles. The maximum Gasteiger partial charge on any atom is 0.0772 e. The molecule has 180 valence electrons. The minimum Gasteiger partial charge on any atom is -0.344 e. The first-order chi connectivity index (χ1) is 18.1. The van der Waals surface area contributed by atoms with Gasteiger partial charge in [-0.1, -0.05) is 111 Å². The Kier molecular flexibility index (Phi) is 5.31. The van der Waals surface area contributed by atoms with Gasteiger partial charge in [-0.2, -0.15) is 0 Å². The quantitative estimate of drug-likeness (QED) is 0.197. The highest BCUT2D eigenvalue weighted by atomic mass is 79.9. The summed E-state index contributed by atoms with van der Waals surface area (Å²) in [6, 6.07) is 44.3. The summed E-state index contributed by atoms with van der Waals surface area (Å²) in [5.41, 5.74) is 9.70. The summed E-state index contributed by atoms with van der Waals surface area (Å²) in [7, 11) is 2.19. The zero-order valence-corrected chi connectivity index (χ0v) is 23.4. The molecule has 2 nitrogen and oxygen atoms in total. The van der Waals surface area contributed by atoms with E-state index in [0.29, 0.717) is 0 Å². The minimum atomic E-state index is -0.417. The van der Waals surface area contributed by atoms with Crippen LogP contribution in [0.25, 0.3) is 0 Å². The van der Waals surface area contributed by atoms with E-state index in [9.17, 15) is 0 Å². The first kappa shape index (κ1) is 22.8. The van der Waals surface area contributed by atoms with Crippen LogP contribution in [0.3, 0.4) is 0 Å². The number of benzene rings is 5. The molecule has 7 rings (SSSR count). The van der Waals surface area contributed by atoms with E-state index in [1.54, 1.807) is 0 Å². The fourth-order valence-electron chi connectivity index (χ4n) is 6.52. The van der Waals surface area contributed by atoms with Crippen molar-refractivity contribution in [3.8, 4) is 0 Å². The monoisotopic (exact) mass is 606 g/mol. The third-order valence-electron chi connectivity index (χ3n) is 7.89. The zero-order chi connectivity index (χ0) is 25.1. The molecule has 0 saturated heterocycles. The van der Waals surface area contributed by atoms with E-state index in [4.69, 9.17) is 0 Å². The standard InChI is InChI=1S/C33H24Br2N2/c1-36-29-16-7-5-14-26(29)33(27-15-6-8-17-30(27)36)28-19-18-24(35)21-31(28)37(25-13-9-12-23(34)20-25)32(33)22-10-3-2-4-11-22/h2-21,32H,1H3. The highest BCUT2D eigenvalue weighted by Crippen LogP contribution is 2.66. The summed E-state index contributed by atoms with van der Waals surface area (Å²) in [6.07, 6.45) is 0. The van der Waals surface area contributed by atoms with E-state index >= 15 is 0 Å². The number of halogens is 2. The topological polar surface area (TPSA) is 6.48 Å². The summed E-state index contributed by atoms with van der Waals surface area (Å²) < 4.78 is 2.14. The van der Waals surface area contributed by atoms with E-state index in [2.05, 4.69) is 170 Å². The largest absolute Gasteiger partial charge is 0.344 e. The number of nitrogens with zero attached hydrogens (tertiary/aromatic N) is 2. The maximum atomic E-state index is 3.80. The van der Waals surface area contributed by atoms with Gasteiger partial charge in [0.25, 0.3) is 0 Å². The Morgan fingerprint density at radius 1 is 0.568 bits per heavy atom. The maximum absolute atomic E-state index is 3.80. The molecule has 4 heteroatoms. The van der Waals surface area contributed by atoms with Crippen molar-refractivity contribution in [2.75, 3.05) is 16.8 Å². The lowest BCUT2D eigenvalue weighted by Gasteiger charge is -2.47. The van der Waals surface area contributed by atoms with Crippen LogP contribution in [0.1, 0.15) is 28.3 Å². The molecule has 5 aromatic rings. The summed E-state index contributed by atoms with van der Waals surface area (Å²) in [5.74, 6) is 0. The van der Waals surface area contributed by atoms with Gasteiger partial charge in [-0.15, -0.1) is 0 Å². The van der Waals surface area contributed by atoms with Crippen LogP contribution in [0.15, 0.2) is 130 Å². The number of fused-ring (bicyclic) bond motifs is 6. The minimum absolute atomic E-state index is 0.00306. The van der Waals surface area contributed by atoms with Crippen LogP contribution in [0, 0.1) is 0 Å². The van der Waals surface area contributed by atoms with Crippen LogP contribution in [0.2, 0.25) is 0 Å². The number of hydrogen-bond donors (Lipinski definition) is 0. The van der Waals surface area contributed by atoms with Gasteiger partial charge in [0.05, 0.1) is 11.5 Å². The molecule has 0 bridgehead atoms. The summed E-state index contributed by atoms with van der Waals surface area (Å²) in [6.45, 7) is 0. The van der Waals surface area contributed by atoms with Crippen LogP contribution in [0.4, 0.5) is 22.7 Å². The first-order valence-electron chi connectivity index (χ1n) is 12.4. The predicted molar refractivity (Wildman–Crippen MR) is 160 cm³/mol. The average Bonchev–Trinajstić information content (AvgIpc) is 3.23. The number of hydrogen-bond acceptors (Lipinski definition) is 2.